The Balaban J connectivity index is 2.06. The maximum atomic E-state index is 11.8. The number of anilines is 1. The van der Waals surface area contributed by atoms with E-state index in [-0.39, 0.29) is 5.91 Å². The first-order chi connectivity index (χ1) is 9.49. The summed E-state index contributed by atoms with van der Waals surface area (Å²) in [5.41, 5.74) is 12.0. The molecule has 0 spiro atoms. The Morgan fingerprint density at radius 2 is 2.00 bits per heavy atom. The predicted octanol–water partition coefficient (Wildman–Crippen LogP) is 1.38. The molecule has 0 bridgehead atoms. The van der Waals surface area contributed by atoms with Crippen LogP contribution in [0.4, 0.5) is 5.69 Å². The smallest absolute Gasteiger partial charge is 0.271 e. The minimum Gasteiger partial charge on any atom is -0.399 e. The molecule has 0 unspecified atom stereocenters. The average molecular weight is 271 g/mol. The molecule has 0 aliphatic heterocycles. The van der Waals surface area contributed by atoms with Crippen molar-refractivity contribution in [3.8, 4) is 0 Å². The van der Waals surface area contributed by atoms with Crippen molar-refractivity contribution in [2.24, 2.45) is 12.1 Å². The maximum Gasteiger partial charge on any atom is 0.271 e. The summed E-state index contributed by atoms with van der Waals surface area (Å²) in [5, 5.41) is 8.24. The van der Waals surface area contributed by atoms with Crippen molar-refractivity contribution < 1.29 is 4.79 Å². The SMILES string of the molecule is Cc1nn(C)c(C)c1/C=N\NC(=O)c1ccc(N)cc1. The predicted molar refractivity (Wildman–Crippen MR) is 78.6 cm³/mol. The average Bonchev–Trinajstić information content (AvgIpc) is 2.65. The Morgan fingerprint density at radius 3 is 2.55 bits per heavy atom. The van der Waals surface area contributed by atoms with E-state index in [4.69, 9.17) is 5.73 Å². The van der Waals surface area contributed by atoms with Crippen LogP contribution in [0.3, 0.4) is 0 Å². The molecule has 0 saturated carbocycles. The lowest BCUT2D eigenvalue weighted by molar-refractivity contribution is 0.0955. The first-order valence-electron chi connectivity index (χ1n) is 6.18. The van der Waals surface area contributed by atoms with Crippen molar-refractivity contribution >= 4 is 17.8 Å². The van der Waals surface area contributed by atoms with Gasteiger partial charge in [0.05, 0.1) is 11.9 Å². The van der Waals surface area contributed by atoms with Gasteiger partial charge < -0.3 is 5.73 Å². The molecule has 6 heteroatoms. The van der Waals surface area contributed by atoms with E-state index in [1.54, 1.807) is 35.2 Å². The Bertz CT molecular complexity index is 655. The fourth-order valence-corrected chi connectivity index (χ4v) is 1.83. The van der Waals surface area contributed by atoms with Crippen LogP contribution in [0.2, 0.25) is 0 Å². The van der Waals surface area contributed by atoms with Crippen LogP contribution in [0.25, 0.3) is 0 Å². The van der Waals surface area contributed by atoms with Crippen LogP contribution in [-0.2, 0) is 7.05 Å². The van der Waals surface area contributed by atoms with Gasteiger partial charge in [-0.05, 0) is 38.1 Å². The van der Waals surface area contributed by atoms with E-state index in [0.29, 0.717) is 11.3 Å². The molecule has 0 atom stereocenters. The topological polar surface area (TPSA) is 85.3 Å². The van der Waals surface area contributed by atoms with Gasteiger partial charge in [0.1, 0.15) is 0 Å². The quantitative estimate of drug-likeness (QED) is 0.502. The highest BCUT2D eigenvalue weighted by molar-refractivity contribution is 5.95. The maximum absolute atomic E-state index is 11.8. The second kappa shape index (κ2) is 5.56. The van der Waals surface area contributed by atoms with Crippen LogP contribution >= 0.6 is 0 Å². The Labute approximate surface area is 117 Å². The molecule has 0 saturated heterocycles. The molecule has 2 rings (SSSR count). The monoisotopic (exact) mass is 271 g/mol. The van der Waals surface area contributed by atoms with E-state index >= 15 is 0 Å². The summed E-state index contributed by atoms with van der Waals surface area (Å²) < 4.78 is 1.78. The highest BCUT2D eigenvalue weighted by atomic mass is 16.2. The van der Waals surface area contributed by atoms with Gasteiger partial charge in [-0.25, -0.2) is 5.43 Å². The molecule has 3 N–H and O–H groups in total. The number of nitrogens with zero attached hydrogens (tertiary/aromatic N) is 3. The fraction of sp³-hybridized carbons (Fsp3) is 0.214. The van der Waals surface area contributed by atoms with E-state index in [9.17, 15) is 4.79 Å². The molecule has 0 fully saturated rings. The van der Waals surface area contributed by atoms with E-state index in [1.807, 2.05) is 20.9 Å². The number of rotatable bonds is 3. The minimum absolute atomic E-state index is 0.277. The van der Waals surface area contributed by atoms with Crippen molar-refractivity contribution in [2.75, 3.05) is 5.73 Å². The van der Waals surface area contributed by atoms with Crippen LogP contribution in [0.1, 0.15) is 27.3 Å². The van der Waals surface area contributed by atoms with Gasteiger partial charge >= 0.3 is 0 Å². The second-order valence-corrected chi connectivity index (χ2v) is 4.53. The molecule has 1 aromatic carbocycles. The van der Waals surface area contributed by atoms with Crippen LogP contribution in [0, 0.1) is 13.8 Å². The molecule has 1 heterocycles. The fourth-order valence-electron chi connectivity index (χ4n) is 1.83. The summed E-state index contributed by atoms with van der Waals surface area (Å²) in [4.78, 5) is 11.8. The van der Waals surface area contributed by atoms with Crippen LogP contribution < -0.4 is 11.2 Å². The van der Waals surface area contributed by atoms with Gasteiger partial charge in [-0.2, -0.15) is 10.2 Å². The summed E-state index contributed by atoms with van der Waals surface area (Å²) in [7, 11) is 1.87. The zero-order valence-corrected chi connectivity index (χ0v) is 11.7. The molecule has 20 heavy (non-hydrogen) atoms. The van der Waals surface area contributed by atoms with Crippen molar-refractivity contribution in [2.45, 2.75) is 13.8 Å². The van der Waals surface area contributed by atoms with Gasteiger partial charge in [-0.3, -0.25) is 9.48 Å². The number of amides is 1. The first-order valence-corrected chi connectivity index (χ1v) is 6.18. The molecular weight excluding hydrogens is 254 g/mol. The molecule has 0 aliphatic rings. The lowest BCUT2D eigenvalue weighted by Gasteiger charge is -2.00. The third kappa shape index (κ3) is 2.85. The molecule has 1 amide bonds. The summed E-state index contributed by atoms with van der Waals surface area (Å²) in [5.74, 6) is -0.277. The van der Waals surface area contributed by atoms with Crippen LogP contribution in [0.5, 0.6) is 0 Å². The Hall–Kier alpha value is -2.63. The van der Waals surface area contributed by atoms with Gasteiger partial charge in [0.15, 0.2) is 0 Å². The lowest BCUT2D eigenvalue weighted by atomic mass is 10.2. The highest BCUT2D eigenvalue weighted by Gasteiger charge is 2.07. The van der Waals surface area contributed by atoms with Gasteiger partial charge in [0, 0.05) is 29.6 Å². The van der Waals surface area contributed by atoms with Gasteiger partial charge in [-0.15, -0.1) is 0 Å². The molecule has 6 nitrogen and oxygen atoms in total. The standard InChI is InChI=1S/C14H17N5O/c1-9-13(10(2)19(3)18-9)8-16-17-14(20)11-4-6-12(15)7-5-11/h4-8H,15H2,1-3H3,(H,17,20)/b16-8-. The minimum atomic E-state index is -0.277. The third-order valence-corrected chi connectivity index (χ3v) is 3.10. The van der Waals surface area contributed by atoms with Crippen LogP contribution in [-0.4, -0.2) is 21.9 Å². The van der Waals surface area contributed by atoms with E-state index in [2.05, 4.69) is 15.6 Å². The van der Waals surface area contributed by atoms with Gasteiger partial charge in [-0.1, -0.05) is 0 Å². The lowest BCUT2D eigenvalue weighted by Crippen LogP contribution is -2.17. The number of hydrogen-bond donors (Lipinski definition) is 2. The molecular formula is C14H17N5O. The largest absolute Gasteiger partial charge is 0.399 e. The number of hydrogen-bond acceptors (Lipinski definition) is 4. The van der Waals surface area contributed by atoms with E-state index in [1.165, 1.54) is 0 Å². The number of aromatic nitrogens is 2. The number of nitrogens with one attached hydrogen (secondary N) is 1. The number of hydrazone groups is 1. The van der Waals surface area contributed by atoms with Crippen molar-refractivity contribution in [1.29, 1.82) is 0 Å². The third-order valence-electron chi connectivity index (χ3n) is 3.10. The molecule has 104 valence electrons. The van der Waals surface area contributed by atoms with E-state index < -0.39 is 0 Å². The summed E-state index contributed by atoms with van der Waals surface area (Å²) in [6, 6.07) is 6.66. The van der Waals surface area contributed by atoms with Crippen molar-refractivity contribution in [3.05, 3.63) is 46.8 Å². The Morgan fingerprint density at radius 1 is 1.35 bits per heavy atom. The summed E-state index contributed by atoms with van der Waals surface area (Å²) >= 11 is 0. The number of nitrogen functional groups attached to an aromatic ring is 1. The van der Waals surface area contributed by atoms with Crippen molar-refractivity contribution in [3.63, 3.8) is 0 Å². The first kappa shape index (κ1) is 13.8. The van der Waals surface area contributed by atoms with E-state index in [0.717, 1.165) is 17.0 Å². The number of carbonyl (C=O) groups excluding carboxylic acids is 1. The zero-order valence-electron chi connectivity index (χ0n) is 11.7. The Kier molecular flexibility index (Phi) is 3.84. The van der Waals surface area contributed by atoms with Crippen molar-refractivity contribution in [1.82, 2.24) is 15.2 Å². The van der Waals surface area contributed by atoms with Crippen LogP contribution in [0.15, 0.2) is 29.4 Å². The number of nitrogens with two attached hydrogens (primary N) is 1. The second-order valence-electron chi connectivity index (χ2n) is 4.53. The van der Waals surface area contributed by atoms with Gasteiger partial charge in [0.2, 0.25) is 0 Å². The summed E-state index contributed by atoms with van der Waals surface area (Å²) in [6.07, 6.45) is 1.60. The number of benzene rings is 1. The van der Waals surface area contributed by atoms with Gasteiger partial charge in [0.25, 0.3) is 5.91 Å². The number of aryl methyl sites for hydroxylation is 2. The zero-order chi connectivity index (χ0) is 14.7. The number of carbonyl (C=O) groups is 1. The summed E-state index contributed by atoms with van der Waals surface area (Å²) in [6.45, 7) is 3.85. The molecule has 2 aromatic rings. The molecule has 0 aliphatic carbocycles. The normalized spacial score (nSPS) is 10.9. The molecule has 1 aromatic heterocycles. The molecule has 0 radical (unpaired) electrons. The highest BCUT2D eigenvalue weighted by Crippen LogP contribution is 2.08.